The summed E-state index contributed by atoms with van der Waals surface area (Å²) in [5, 5.41) is 10.1. The summed E-state index contributed by atoms with van der Waals surface area (Å²) >= 11 is 6.21. The zero-order valence-corrected chi connectivity index (χ0v) is 13.3. The molecule has 0 aliphatic rings. The van der Waals surface area contributed by atoms with Gasteiger partial charge in [0.15, 0.2) is 0 Å². The molecule has 0 amide bonds. The molecular weight excluding hydrogens is 300 g/mol. The van der Waals surface area contributed by atoms with Crippen LogP contribution in [-0.2, 0) is 13.0 Å². The van der Waals surface area contributed by atoms with Gasteiger partial charge in [-0.25, -0.2) is 4.98 Å². The van der Waals surface area contributed by atoms with Crippen LogP contribution >= 0.6 is 11.6 Å². The first-order valence-corrected chi connectivity index (χ1v) is 7.49. The number of hydrogen-bond donors (Lipinski definition) is 1. The monoisotopic (exact) mass is 316 g/mol. The molecule has 4 nitrogen and oxygen atoms in total. The SMILES string of the molecule is CCc1ccn2cc(-c3cc(Cl)c(OC)cc3CO)nc2c1. The average Bonchev–Trinajstić information content (AvgIpc) is 2.97. The van der Waals surface area contributed by atoms with Crippen molar-refractivity contribution >= 4 is 17.2 Å². The summed E-state index contributed by atoms with van der Waals surface area (Å²) in [6, 6.07) is 7.67. The van der Waals surface area contributed by atoms with Crippen LogP contribution in [0, 0.1) is 0 Å². The molecule has 0 aliphatic heterocycles. The Kier molecular flexibility index (Phi) is 4.05. The number of aliphatic hydroxyl groups is 1. The van der Waals surface area contributed by atoms with E-state index in [0.717, 1.165) is 28.9 Å². The third-order valence-corrected chi connectivity index (χ3v) is 4.05. The number of aromatic nitrogens is 2. The molecule has 3 aromatic rings. The number of rotatable bonds is 4. The first-order chi connectivity index (χ1) is 10.7. The highest BCUT2D eigenvalue weighted by Crippen LogP contribution is 2.33. The number of aryl methyl sites for hydroxylation is 1. The maximum atomic E-state index is 9.61. The van der Waals surface area contributed by atoms with Crippen molar-refractivity contribution in [1.29, 1.82) is 0 Å². The highest BCUT2D eigenvalue weighted by Gasteiger charge is 2.13. The molecule has 0 fully saturated rings. The molecule has 0 aliphatic carbocycles. The Morgan fingerprint density at radius 3 is 2.82 bits per heavy atom. The third kappa shape index (κ3) is 2.56. The number of aliphatic hydroxyl groups excluding tert-OH is 1. The van der Waals surface area contributed by atoms with Crippen molar-refractivity contribution in [3.05, 3.63) is 52.8 Å². The Bertz CT molecular complexity index is 827. The van der Waals surface area contributed by atoms with Crippen LogP contribution in [0.2, 0.25) is 5.02 Å². The van der Waals surface area contributed by atoms with Gasteiger partial charge in [0, 0.05) is 18.0 Å². The number of nitrogens with zero attached hydrogens (tertiary/aromatic N) is 2. The summed E-state index contributed by atoms with van der Waals surface area (Å²) in [7, 11) is 1.55. The first kappa shape index (κ1) is 14.9. The van der Waals surface area contributed by atoms with Crippen LogP contribution in [0.25, 0.3) is 16.9 Å². The van der Waals surface area contributed by atoms with Crippen molar-refractivity contribution in [2.75, 3.05) is 7.11 Å². The quantitative estimate of drug-likeness (QED) is 0.798. The minimum absolute atomic E-state index is 0.100. The van der Waals surface area contributed by atoms with Crippen LogP contribution in [0.5, 0.6) is 5.75 Å². The molecule has 22 heavy (non-hydrogen) atoms. The van der Waals surface area contributed by atoms with Gasteiger partial charge in [-0.05, 0) is 41.8 Å². The first-order valence-electron chi connectivity index (χ1n) is 7.11. The second kappa shape index (κ2) is 5.99. The van der Waals surface area contributed by atoms with Crippen molar-refractivity contribution in [3.8, 4) is 17.0 Å². The molecule has 0 bridgehead atoms. The lowest BCUT2D eigenvalue weighted by Crippen LogP contribution is -1.93. The number of fused-ring (bicyclic) bond motifs is 1. The zero-order chi connectivity index (χ0) is 15.7. The summed E-state index contributed by atoms with van der Waals surface area (Å²) in [4.78, 5) is 4.65. The lowest BCUT2D eigenvalue weighted by atomic mass is 10.1. The van der Waals surface area contributed by atoms with Crippen LogP contribution in [0.4, 0.5) is 0 Å². The minimum Gasteiger partial charge on any atom is -0.495 e. The van der Waals surface area contributed by atoms with Crippen molar-refractivity contribution in [2.45, 2.75) is 20.0 Å². The molecule has 1 aromatic carbocycles. The van der Waals surface area contributed by atoms with Gasteiger partial charge in [0.25, 0.3) is 0 Å². The number of methoxy groups -OCH3 is 1. The lowest BCUT2D eigenvalue weighted by molar-refractivity contribution is 0.281. The fourth-order valence-corrected chi connectivity index (χ4v) is 2.74. The molecule has 0 saturated carbocycles. The third-order valence-electron chi connectivity index (χ3n) is 3.76. The second-order valence-corrected chi connectivity index (χ2v) is 5.49. The van der Waals surface area contributed by atoms with Crippen molar-refractivity contribution in [2.24, 2.45) is 0 Å². The molecule has 0 saturated heterocycles. The number of imidazole rings is 1. The van der Waals surface area contributed by atoms with Gasteiger partial charge in [-0.15, -0.1) is 0 Å². The van der Waals surface area contributed by atoms with Gasteiger partial charge in [0.2, 0.25) is 0 Å². The number of pyridine rings is 1. The highest BCUT2D eigenvalue weighted by atomic mass is 35.5. The highest BCUT2D eigenvalue weighted by molar-refractivity contribution is 6.32. The zero-order valence-electron chi connectivity index (χ0n) is 12.5. The predicted molar refractivity (Wildman–Crippen MR) is 87.5 cm³/mol. The molecule has 0 spiro atoms. The van der Waals surface area contributed by atoms with E-state index in [1.54, 1.807) is 19.2 Å². The molecule has 0 radical (unpaired) electrons. The number of hydrogen-bond acceptors (Lipinski definition) is 3. The maximum Gasteiger partial charge on any atom is 0.137 e. The summed E-state index contributed by atoms with van der Waals surface area (Å²) < 4.78 is 7.16. The van der Waals surface area contributed by atoms with Gasteiger partial charge in [-0.2, -0.15) is 0 Å². The van der Waals surface area contributed by atoms with Crippen LogP contribution in [0.1, 0.15) is 18.1 Å². The van der Waals surface area contributed by atoms with Crippen molar-refractivity contribution < 1.29 is 9.84 Å². The van der Waals surface area contributed by atoms with Gasteiger partial charge in [-0.1, -0.05) is 18.5 Å². The van der Waals surface area contributed by atoms with E-state index in [1.807, 2.05) is 16.8 Å². The molecular formula is C17H17ClN2O2. The molecule has 114 valence electrons. The average molecular weight is 317 g/mol. The fraction of sp³-hybridized carbons (Fsp3) is 0.235. The topological polar surface area (TPSA) is 46.8 Å². The second-order valence-electron chi connectivity index (χ2n) is 5.08. The van der Waals surface area contributed by atoms with E-state index in [9.17, 15) is 5.11 Å². The number of benzene rings is 1. The van der Waals surface area contributed by atoms with Gasteiger partial charge in [0.05, 0.1) is 24.4 Å². The molecule has 2 aromatic heterocycles. The Hall–Kier alpha value is -2.04. The van der Waals surface area contributed by atoms with Crippen molar-refractivity contribution in [3.63, 3.8) is 0 Å². The Balaban J connectivity index is 2.16. The van der Waals surface area contributed by atoms with E-state index in [2.05, 4.69) is 24.0 Å². The molecule has 0 atom stereocenters. The molecule has 5 heteroatoms. The van der Waals surface area contributed by atoms with Crippen LogP contribution in [0.15, 0.2) is 36.7 Å². The van der Waals surface area contributed by atoms with Gasteiger partial charge in [0.1, 0.15) is 11.4 Å². The van der Waals surface area contributed by atoms with Crippen LogP contribution < -0.4 is 4.74 Å². The fourth-order valence-electron chi connectivity index (χ4n) is 2.49. The summed E-state index contributed by atoms with van der Waals surface area (Å²) in [6.45, 7) is 2.01. The summed E-state index contributed by atoms with van der Waals surface area (Å²) in [5.41, 5.74) is 4.45. The van der Waals surface area contributed by atoms with Gasteiger partial charge in [-0.3, -0.25) is 0 Å². The standard InChI is InChI=1S/C17H17ClN2O2/c1-3-11-4-5-20-9-15(19-17(20)6-11)13-8-14(18)16(22-2)7-12(13)10-21/h4-9,21H,3,10H2,1-2H3. The Morgan fingerprint density at radius 2 is 2.14 bits per heavy atom. The molecule has 2 heterocycles. The van der Waals surface area contributed by atoms with E-state index >= 15 is 0 Å². The van der Waals surface area contributed by atoms with E-state index in [4.69, 9.17) is 16.3 Å². The van der Waals surface area contributed by atoms with Gasteiger partial charge < -0.3 is 14.2 Å². The van der Waals surface area contributed by atoms with Crippen LogP contribution in [-0.4, -0.2) is 21.6 Å². The van der Waals surface area contributed by atoms with Gasteiger partial charge >= 0.3 is 0 Å². The smallest absolute Gasteiger partial charge is 0.137 e. The predicted octanol–water partition coefficient (Wildman–Crippen LogP) is 3.72. The molecule has 0 unspecified atom stereocenters. The summed E-state index contributed by atoms with van der Waals surface area (Å²) in [6.07, 6.45) is 4.90. The minimum atomic E-state index is -0.100. The lowest BCUT2D eigenvalue weighted by Gasteiger charge is -2.09. The maximum absolute atomic E-state index is 9.61. The largest absolute Gasteiger partial charge is 0.495 e. The van der Waals surface area contributed by atoms with Crippen LogP contribution in [0.3, 0.4) is 0 Å². The normalized spacial score (nSPS) is 11.1. The van der Waals surface area contributed by atoms with E-state index in [-0.39, 0.29) is 6.61 Å². The number of ether oxygens (including phenoxy) is 1. The molecule has 1 N–H and O–H groups in total. The van der Waals surface area contributed by atoms with E-state index < -0.39 is 0 Å². The number of halogens is 1. The van der Waals surface area contributed by atoms with Crippen molar-refractivity contribution in [1.82, 2.24) is 9.38 Å². The Morgan fingerprint density at radius 1 is 1.32 bits per heavy atom. The summed E-state index contributed by atoms with van der Waals surface area (Å²) in [5.74, 6) is 0.548. The van der Waals surface area contributed by atoms with E-state index in [0.29, 0.717) is 10.8 Å². The molecule has 3 rings (SSSR count). The van der Waals surface area contributed by atoms with E-state index in [1.165, 1.54) is 5.56 Å². The Labute approximate surface area is 133 Å².